The van der Waals surface area contributed by atoms with Crippen LogP contribution in [0.15, 0.2) is 53.7 Å². The smallest absolute Gasteiger partial charge is 0.262 e. The number of hydrogen-bond donors (Lipinski definition) is 1. The summed E-state index contributed by atoms with van der Waals surface area (Å²) in [6, 6.07) is 11.5. The van der Waals surface area contributed by atoms with E-state index in [4.69, 9.17) is 0 Å². The second kappa shape index (κ2) is 10.0. The number of benzene rings is 1. The summed E-state index contributed by atoms with van der Waals surface area (Å²) in [5.41, 5.74) is 0.243. The van der Waals surface area contributed by atoms with Gasteiger partial charge in [0, 0.05) is 44.0 Å². The Bertz CT molecular complexity index is 1390. The van der Waals surface area contributed by atoms with Crippen molar-refractivity contribution in [2.24, 2.45) is 5.92 Å². The van der Waals surface area contributed by atoms with Gasteiger partial charge in [0.2, 0.25) is 11.8 Å². The third-order valence-electron chi connectivity index (χ3n) is 8.73. The molecule has 0 spiro atoms. The molecule has 0 bridgehead atoms. The van der Waals surface area contributed by atoms with E-state index < -0.39 is 5.60 Å². The lowest BCUT2D eigenvalue weighted by Gasteiger charge is -2.43. The third-order valence-corrected chi connectivity index (χ3v) is 8.73. The molecule has 9 heteroatoms. The summed E-state index contributed by atoms with van der Waals surface area (Å²) in [4.78, 5) is 47.6. The highest BCUT2D eigenvalue weighted by Crippen LogP contribution is 2.34. The van der Waals surface area contributed by atoms with Crippen molar-refractivity contribution >= 4 is 22.8 Å². The second-order valence-electron chi connectivity index (χ2n) is 11.1. The van der Waals surface area contributed by atoms with E-state index in [1.807, 2.05) is 50.9 Å². The van der Waals surface area contributed by atoms with Crippen LogP contribution < -0.4 is 5.56 Å². The molecule has 38 heavy (non-hydrogen) atoms. The monoisotopic (exact) mass is 517 g/mol. The Balaban J connectivity index is 1.14. The van der Waals surface area contributed by atoms with Crippen molar-refractivity contribution in [3.63, 3.8) is 0 Å². The number of para-hydroxylation sites is 1. The minimum absolute atomic E-state index is 0.00614. The highest BCUT2D eigenvalue weighted by molar-refractivity contribution is 5.83. The number of aromatic nitrogens is 3. The summed E-state index contributed by atoms with van der Waals surface area (Å²) in [5, 5.41) is 11.9. The topological polar surface area (TPSA) is 101 Å². The maximum Gasteiger partial charge on any atom is 0.262 e. The Labute approximate surface area is 221 Å². The minimum atomic E-state index is -1.09. The summed E-state index contributed by atoms with van der Waals surface area (Å²) >= 11 is 0. The van der Waals surface area contributed by atoms with E-state index in [1.54, 1.807) is 6.07 Å². The summed E-state index contributed by atoms with van der Waals surface area (Å²) < 4.78 is 3.37. The van der Waals surface area contributed by atoms with E-state index in [0.29, 0.717) is 43.4 Å². The number of nitrogens with zero attached hydrogens (tertiary/aromatic N) is 5. The van der Waals surface area contributed by atoms with Gasteiger partial charge in [-0.2, -0.15) is 0 Å². The molecule has 200 valence electrons. The van der Waals surface area contributed by atoms with Crippen LogP contribution in [-0.4, -0.2) is 72.1 Å². The Morgan fingerprint density at radius 2 is 1.76 bits per heavy atom. The first-order valence-electron chi connectivity index (χ1n) is 13.9. The van der Waals surface area contributed by atoms with E-state index >= 15 is 0 Å². The fourth-order valence-electron chi connectivity index (χ4n) is 6.61. The van der Waals surface area contributed by atoms with Crippen LogP contribution >= 0.6 is 0 Å². The zero-order valence-corrected chi connectivity index (χ0v) is 21.7. The normalized spacial score (nSPS) is 23.8. The van der Waals surface area contributed by atoms with Crippen LogP contribution in [-0.2, 0) is 16.1 Å². The van der Waals surface area contributed by atoms with Gasteiger partial charge in [0.1, 0.15) is 6.33 Å². The zero-order valence-electron chi connectivity index (χ0n) is 21.7. The predicted molar refractivity (Wildman–Crippen MR) is 143 cm³/mol. The van der Waals surface area contributed by atoms with Gasteiger partial charge in [0.15, 0.2) is 5.65 Å². The lowest BCUT2D eigenvalue weighted by molar-refractivity contribution is -0.145. The average molecular weight is 518 g/mol. The van der Waals surface area contributed by atoms with Crippen molar-refractivity contribution in [2.45, 2.75) is 69.6 Å². The first-order valence-corrected chi connectivity index (χ1v) is 13.9. The van der Waals surface area contributed by atoms with Crippen LogP contribution in [0.2, 0.25) is 0 Å². The molecule has 3 aliphatic rings. The number of hydrogen-bond acceptors (Lipinski definition) is 5. The molecule has 2 aliphatic heterocycles. The zero-order chi connectivity index (χ0) is 26.3. The minimum Gasteiger partial charge on any atom is -0.388 e. The van der Waals surface area contributed by atoms with Crippen LogP contribution in [0, 0.1) is 5.92 Å². The standard InChI is InChI=1S/C29H35N5O4/c35-25-11-6-15-34(25)24-10-5-4-9-22(24)27(36)31-17-13-29(38,14-18-31)19-32-20-30-26-23(28(32)37)12-16-33(26)21-7-2-1-3-8-21/h1-3,7-8,12,16,20,22,24,38H,4-6,9-11,13-15,17-19H2. The van der Waals surface area contributed by atoms with Crippen molar-refractivity contribution < 1.29 is 14.7 Å². The Morgan fingerprint density at radius 3 is 2.50 bits per heavy atom. The number of aliphatic hydroxyl groups is 1. The number of amides is 2. The third kappa shape index (κ3) is 4.53. The number of carbonyl (C=O) groups excluding carboxylic acids is 2. The van der Waals surface area contributed by atoms with Crippen molar-refractivity contribution in [2.75, 3.05) is 19.6 Å². The maximum atomic E-state index is 13.6. The molecule has 3 fully saturated rings. The summed E-state index contributed by atoms with van der Waals surface area (Å²) in [7, 11) is 0. The van der Waals surface area contributed by atoms with Crippen LogP contribution in [0.3, 0.4) is 0 Å². The van der Waals surface area contributed by atoms with Gasteiger partial charge >= 0.3 is 0 Å². The molecule has 4 heterocycles. The van der Waals surface area contributed by atoms with Gasteiger partial charge in [-0.3, -0.25) is 19.0 Å². The van der Waals surface area contributed by atoms with Gasteiger partial charge in [-0.15, -0.1) is 0 Å². The van der Waals surface area contributed by atoms with Gasteiger partial charge in [0.25, 0.3) is 5.56 Å². The van der Waals surface area contributed by atoms with E-state index in [2.05, 4.69) is 4.98 Å². The van der Waals surface area contributed by atoms with Gasteiger partial charge in [-0.1, -0.05) is 31.0 Å². The quantitative estimate of drug-likeness (QED) is 0.561. The maximum absolute atomic E-state index is 13.6. The molecule has 1 N–H and O–H groups in total. The average Bonchev–Trinajstić information content (AvgIpc) is 3.57. The van der Waals surface area contributed by atoms with Crippen molar-refractivity contribution in [3.05, 3.63) is 59.3 Å². The van der Waals surface area contributed by atoms with Crippen LogP contribution in [0.25, 0.3) is 16.7 Å². The van der Waals surface area contributed by atoms with Gasteiger partial charge in [0.05, 0.1) is 23.4 Å². The SMILES string of the molecule is O=C(C1CCCCC1N1CCCC1=O)N1CCC(O)(Cn2cnc3c(ccn3-c3ccccc3)c2=O)CC1. The molecule has 1 aliphatic carbocycles. The lowest BCUT2D eigenvalue weighted by Crippen LogP contribution is -2.54. The van der Waals surface area contributed by atoms with Crippen molar-refractivity contribution in [1.82, 2.24) is 23.9 Å². The fourth-order valence-corrected chi connectivity index (χ4v) is 6.61. The molecule has 2 unspecified atom stereocenters. The number of piperidine rings is 1. The molecule has 2 amide bonds. The molecule has 6 rings (SSSR count). The summed E-state index contributed by atoms with van der Waals surface area (Å²) in [5.74, 6) is 0.136. The molecular weight excluding hydrogens is 482 g/mol. The first kappa shape index (κ1) is 24.9. The molecular formula is C29H35N5O4. The largest absolute Gasteiger partial charge is 0.388 e. The van der Waals surface area contributed by atoms with E-state index in [1.165, 1.54) is 10.9 Å². The number of carbonyl (C=O) groups is 2. The summed E-state index contributed by atoms with van der Waals surface area (Å²) in [6.45, 7) is 1.79. The van der Waals surface area contributed by atoms with Crippen LogP contribution in [0.4, 0.5) is 0 Å². The highest BCUT2D eigenvalue weighted by Gasteiger charge is 2.42. The van der Waals surface area contributed by atoms with E-state index in [-0.39, 0.29) is 35.9 Å². The molecule has 2 aromatic heterocycles. The van der Waals surface area contributed by atoms with Crippen molar-refractivity contribution in [1.29, 1.82) is 0 Å². The van der Waals surface area contributed by atoms with Crippen molar-refractivity contribution in [3.8, 4) is 5.69 Å². The molecule has 1 saturated carbocycles. The first-order chi connectivity index (χ1) is 18.4. The van der Waals surface area contributed by atoms with Gasteiger partial charge in [-0.05, 0) is 50.3 Å². The van der Waals surface area contributed by atoms with E-state index in [0.717, 1.165) is 44.3 Å². The lowest BCUT2D eigenvalue weighted by atomic mass is 9.81. The molecule has 2 saturated heterocycles. The predicted octanol–water partition coefficient (Wildman–Crippen LogP) is 2.72. The highest BCUT2D eigenvalue weighted by atomic mass is 16.3. The summed E-state index contributed by atoms with van der Waals surface area (Å²) in [6.07, 6.45) is 9.39. The molecule has 1 aromatic carbocycles. The Morgan fingerprint density at radius 1 is 1.00 bits per heavy atom. The molecule has 0 radical (unpaired) electrons. The van der Waals surface area contributed by atoms with Crippen LogP contribution in [0.1, 0.15) is 51.4 Å². The van der Waals surface area contributed by atoms with Gasteiger partial charge < -0.3 is 19.5 Å². The molecule has 2 atom stereocenters. The van der Waals surface area contributed by atoms with Gasteiger partial charge in [-0.25, -0.2) is 4.98 Å². The van der Waals surface area contributed by atoms with E-state index in [9.17, 15) is 19.5 Å². The number of fused-ring (bicyclic) bond motifs is 1. The number of likely N-dealkylation sites (tertiary alicyclic amines) is 2. The molecule has 9 nitrogen and oxygen atoms in total. The second-order valence-corrected chi connectivity index (χ2v) is 11.1. The Hall–Kier alpha value is -3.46. The Kier molecular flexibility index (Phi) is 6.55. The van der Waals surface area contributed by atoms with Crippen LogP contribution in [0.5, 0.6) is 0 Å². The molecule has 3 aromatic rings. The number of rotatable bonds is 5. The fraction of sp³-hybridized carbons (Fsp3) is 0.517.